The van der Waals surface area contributed by atoms with E-state index >= 15 is 0 Å². The Morgan fingerprint density at radius 1 is 1.24 bits per heavy atom. The quantitative estimate of drug-likeness (QED) is 0.908. The number of nitrogens with one attached hydrogen (secondary N) is 1. The van der Waals surface area contributed by atoms with Crippen molar-refractivity contribution in [3.05, 3.63) is 34.2 Å². The molecule has 3 rings (SSSR count). The second kappa shape index (κ2) is 5.60. The van der Waals surface area contributed by atoms with Crippen LogP contribution in [0.5, 0.6) is 0 Å². The minimum atomic E-state index is 0.127. The van der Waals surface area contributed by atoms with Crippen LogP contribution in [0.15, 0.2) is 18.2 Å². The SMILES string of the molecule is Cc1ccc(-c2nc(NC(=O)C3CCC3)sc2C)cc1C. The molecule has 0 spiro atoms. The van der Waals surface area contributed by atoms with E-state index in [1.807, 2.05) is 0 Å². The molecular weight excluding hydrogens is 280 g/mol. The minimum absolute atomic E-state index is 0.127. The highest BCUT2D eigenvalue weighted by Crippen LogP contribution is 2.33. The number of hydrogen-bond donors (Lipinski definition) is 1. The maximum Gasteiger partial charge on any atom is 0.229 e. The molecule has 0 atom stereocenters. The van der Waals surface area contributed by atoms with E-state index in [1.54, 1.807) is 11.3 Å². The summed E-state index contributed by atoms with van der Waals surface area (Å²) in [5.41, 5.74) is 4.65. The fourth-order valence-corrected chi connectivity index (χ4v) is 3.32. The topological polar surface area (TPSA) is 42.0 Å². The molecule has 1 amide bonds. The zero-order chi connectivity index (χ0) is 15.0. The molecule has 1 N–H and O–H groups in total. The van der Waals surface area contributed by atoms with Crippen molar-refractivity contribution >= 4 is 22.4 Å². The lowest BCUT2D eigenvalue weighted by molar-refractivity contribution is -0.122. The van der Waals surface area contributed by atoms with Gasteiger partial charge in [0, 0.05) is 16.4 Å². The Bertz CT molecular complexity index is 686. The smallest absolute Gasteiger partial charge is 0.229 e. The molecule has 0 aliphatic heterocycles. The molecule has 0 radical (unpaired) electrons. The fourth-order valence-electron chi connectivity index (χ4n) is 2.48. The molecule has 1 aliphatic carbocycles. The number of amides is 1. The third kappa shape index (κ3) is 2.86. The van der Waals surface area contributed by atoms with E-state index in [1.165, 1.54) is 17.5 Å². The van der Waals surface area contributed by atoms with Crippen molar-refractivity contribution in [2.75, 3.05) is 5.32 Å². The summed E-state index contributed by atoms with van der Waals surface area (Å²) in [5, 5.41) is 3.69. The maximum atomic E-state index is 12.0. The van der Waals surface area contributed by atoms with Crippen molar-refractivity contribution in [1.29, 1.82) is 0 Å². The van der Waals surface area contributed by atoms with E-state index in [-0.39, 0.29) is 11.8 Å². The van der Waals surface area contributed by atoms with Crippen LogP contribution in [-0.4, -0.2) is 10.9 Å². The first kappa shape index (κ1) is 14.3. The molecule has 1 aromatic carbocycles. The Kier molecular flexibility index (Phi) is 3.81. The standard InChI is InChI=1S/C17H20N2OS/c1-10-7-8-14(9-11(10)2)15-12(3)21-17(18-15)19-16(20)13-5-4-6-13/h7-9,13H,4-6H2,1-3H3,(H,18,19,20). The molecule has 1 aromatic heterocycles. The Balaban J connectivity index is 1.83. The van der Waals surface area contributed by atoms with Crippen LogP contribution in [0.3, 0.4) is 0 Å². The number of nitrogens with zero attached hydrogens (tertiary/aromatic N) is 1. The van der Waals surface area contributed by atoms with Gasteiger partial charge in [-0.15, -0.1) is 11.3 Å². The molecule has 2 aromatic rings. The number of aromatic nitrogens is 1. The summed E-state index contributed by atoms with van der Waals surface area (Å²) in [7, 11) is 0. The number of carbonyl (C=O) groups excluding carboxylic acids is 1. The summed E-state index contributed by atoms with van der Waals surface area (Å²) >= 11 is 1.56. The zero-order valence-corrected chi connectivity index (χ0v) is 13.5. The van der Waals surface area contributed by atoms with E-state index in [2.05, 4.69) is 49.3 Å². The van der Waals surface area contributed by atoms with Gasteiger partial charge in [-0.2, -0.15) is 0 Å². The lowest BCUT2D eigenvalue weighted by Crippen LogP contribution is -2.27. The van der Waals surface area contributed by atoms with Gasteiger partial charge in [-0.25, -0.2) is 4.98 Å². The van der Waals surface area contributed by atoms with E-state index in [0.29, 0.717) is 0 Å². The Labute approximate surface area is 129 Å². The lowest BCUT2D eigenvalue weighted by Gasteiger charge is -2.23. The fraction of sp³-hybridized carbons (Fsp3) is 0.412. The van der Waals surface area contributed by atoms with Crippen LogP contribution in [-0.2, 0) is 4.79 Å². The van der Waals surface area contributed by atoms with Gasteiger partial charge in [-0.1, -0.05) is 18.6 Å². The molecule has 110 valence electrons. The normalized spacial score (nSPS) is 14.8. The highest BCUT2D eigenvalue weighted by molar-refractivity contribution is 7.16. The number of benzene rings is 1. The lowest BCUT2D eigenvalue weighted by atomic mass is 9.85. The molecule has 3 nitrogen and oxygen atoms in total. The molecule has 0 bridgehead atoms. The van der Waals surface area contributed by atoms with Crippen LogP contribution in [0.2, 0.25) is 0 Å². The van der Waals surface area contributed by atoms with Gasteiger partial charge < -0.3 is 5.32 Å². The molecule has 1 saturated carbocycles. The average Bonchev–Trinajstić information content (AvgIpc) is 2.71. The Morgan fingerprint density at radius 2 is 2.00 bits per heavy atom. The number of anilines is 1. The second-order valence-corrected chi connectivity index (χ2v) is 7.04. The Morgan fingerprint density at radius 3 is 2.62 bits per heavy atom. The predicted octanol–water partition coefficient (Wildman–Crippen LogP) is 4.47. The third-order valence-corrected chi connectivity index (χ3v) is 5.17. The molecule has 21 heavy (non-hydrogen) atoms. The van der Waals surface area contributed by atoms with Crippen LogP contribution in [0.25, 0.3) is 11.3 Å². The van der Waals surface area contributed by atoms with Gasteiger partial charge in [-0.05, 0) is 50.8 Å². The van der Waals surface area contributed by atoms with Gasteiger partial charge >= 0.3 is 0 Å². The molecule has 4 heteroatoms. The van der Waals surface area contributed by atoms with Gasteiger partial charge in [-0.3, -0.25) is 4.79 Å². The first-order chi connectivity index (χ1) is 10.0. The molecular formula is C17H20N2OS. The van der Waals surface area contributed by atoms with Crippen molar-refractivity contribution < 1.29 is 4.79 Å². The van der Waals surface area contributed by atoms with E-state index in [0.717, 1.165) is 34.1 Å². The zero-order valence-electron chi connectivity index (χ0n) is 12.7. The molecule has 1 aliphatic rings. The van der Waals surface area contributed by atoms with Crippen LogP contribution in [0, 0.1) is 26.7 Å². The number of thiazole rings is 1. The van der Waals surface area contributed by atoms with Gasteiger partial charge in [0.2, 0.25) is 5.91 Å². The average molecular weight is 300 g/mol. The molecule has 0 unspecified atom stereocenters. The van der Waals surface area contributed by atoms with Crippen LogP contribution in [0.4, 0.5) is 5.13 Å². The van der Waals surface area contributed by atoms with Crippen molar-refractivity contribution in [2.24, 2.45) is 5.92 Å². The highest BCUT2D eigenvalue weighted by atomic mass is 32.1. The van der Waals surface area contributed by atoms with E-state index in [4.69, 9.17) is 0 Å². The largest absolute Gasteiger partial charge is 0.302 e. The maximum absolute atomic E-state index is 12.0. The summed E-state index contributed by atoms with van der Waals surface area (Å²) in [5.74, 6) is 0.320. The molecule has 1 heterocycles. The number of hydrogen-bond acceptors (Lipinski definition) is 3. The first-order valence-electron chi connectivity index (χ1n) is 7.40. The Hall–Kier alpha value is -1.68. The molecule has 1 fully saturated rings. The summed E-state index contributed by atoms with van der Waals surface area (Å²) in [6, 6.07) is 6.38. The summed E-state index contributed by atoms with van der Waals surface area (Å²) in [6.07, 6.45) is 3.20. The van der Waals surface area contributed by atoms with Crippen molar-refractivity contribution in [1.82, 2.24) is 4.98 Å². The van der Waals surface area contributed by atoms with Gasteiger partial charge in [0.05, 0.1) is 5.69 Å². The van der Waals surface area contributed by atoms with E-state index in [9.17, 15) is 4.79 Å². The van der Waals surface area contributed by atoms with Crippen molar-refractivity contribution in [3.63, 3.8) is 0 Å². The number of aryl methyl sites for hydroxylation is 3. The number of carbonyl (C=O) groups is 1. The summed E-state index contributed by atoms with van der Waals surface area (Å²) in [4.78, 5) is 17.8. The van der Waals surface area contributed by atoms with Gasteiger partial charge in [0.1, 0.15) is 0 Å². The highest BCUT2D eigenvalue weighted by Gasteiger charge is 2.26. The van der Waals surface area contributed by atoms with Gasteiger partial charge in [0.15, 0.2) is 5.13 Å². The monoisotopic (exact) mass is 300 g/mol. The number of rotatable bonds is 3. The van der Waals surface area contributed by atoms with Crippen LogP contribution >= 0.6 is 11.3 Å². The predicted molar refractivity (Wildman–Crippen MR) is 87.7 cm³/mol. The van der Waals surface area contributed by atoms with Crippen molar-refractivity contribution in [3.8, 4) is 11.3 Å². The summed E-state index contributed by atoms with van der Waals surface area (Å²) in [6.45, 7) is 6.28. The van der Waals surface area contributed by atoms with E-state index < -0.39 is 0 Å². The minimum Gasteiger partial charge on any atom is -0.302 e. The third-order valence-electron chi connectivity index (χ3n) is 4.28. The van der Waals surface area contributed by atoms with Gasteiger partial charge in [0.25, 0.3) is 0 Å². The van der Waals surface area contributed by atoms with Crippen LogP contribution < -0.4 is 5.32 Å². The first-order valence-corrected chi connectivity index (χ1v) is 8.22. The van der Waals surface area contributed by atoms with Crippen molar-refractivity contribution in [2.45, 2.75) is 40.0 Å². The second-order valence-electron chi connectivity index (χ2n) is 5.84. The van der Waals surface area contributed by atoms with Crippen LogP contribution in [0.1, 0.15) is 35.3 Å². The molecule has 0 saturated heterocycles. The summed E-state index contributed by atoms with van der Waals surface area (Å²) < 4.78 is 0.